The predicted molar refractivity (Wildman–Crippen MR) is 126 cm³/mol. The highest BCUT2D eigenvalue weighted by molar-refractivity contribution is 7.89. The van der Waals surface area contributed by atoms with E-state index in [0.29, 0.717) is 32.1 Å². The molecule has 3 aliphatic rings. The second kappa shape index (κ2) is 11.6. The maximum Gasteiger partial charge on any atom is 0.522 e. The normalized spacial score (nSPS) is 34.9. The largest absolute Gasteiger partial charge is 0.522 e. The van der Waals surface area contributed by atoms with Crippen molar-refractivity contribution in [3.8, 4) is 0 Å². The number of carbonyl (C=O) groups is 2. The number of halogens is 3. The molecule has 36 heavy (non-hydrogen) atoms. The van der Waals surface area contributed by atoms with Gasteiger partial charge in [0, 0.05) is 38.0 Å². The van der Waals surface area contributed by atoms with Crippen LogP contribution in [0, 0.1) is 17.8 Å². The molecule has 0 aromatic carbocycles. The van der Waals surface area contributed by atoms with Gasteiger partial charge < -0.3 is 10.0 Å². The van der Waals surface area contributed by atoms with E-state index >= 15 is 0 Å². The van der Waals surface area contributed by atoms with E-state index in [-0.39, 0.29) is 62.4 Å². The van der Waals surface area contributed by atoms with Crippen LogP contribution in [0.5, 0.6) is 0 Å². The molecular weight excluding hydrogens is 501 g/mol. The minimum Gasteiger partial charge on any atom is -0.481 e. The van der Waals surface area contributed by atoms with Gasteiger partial charge in [-0.25, -0.2) is 8.42 Å². The van der Waals surface area contributed by atoms with Crippen LogP contribution in [-0.2, 0) is 24.3 Å². The number of alkyl halides is 3. The second-order valence-electron chi connectivity index (χ2n) is 11.1. The zero-order valence-electron chi connectivity index (χ0n) is 21.2. The van der Waals surface area contributed by atoms with Crippen molar-refractivity contribution in [2.75, 3.05) is 13.1 Å². The fourth-order valence-corrected chi connectivity index (χ4v) is 8.76. The number of hydrogen-bond donors (Lipinski definition) is 1. The van der Waals surface area contributed by atoms with Gasteiger partial charge in [-0.15, -0.1) is 13.2 Å². The van der Waals surface area contributed by atoms with Crippen LogP contribution in [0.1, 0.15) is 78.6 Å². The van der Waals surface area contributed by atoms with Crippen molar-refractivity contribution in [1.82, 2.24) is 9.21 Å². The summed E-state index contributed by atoms with van der Waals surface area (Å²) < 4.78 is 70.1. The minimum absolute atomic E-state index is 0.00615. The molecule has 3 unspecified atom stereocenters. The summed E-state index contributed by atoms with van der Waals surface area (Å²) >= 11 is 0. The predicted octanol–water partition coefficient (Wildman–Crippen LogP) is 4.00. The summed E-state index contributed by atoms with van der Waals surface area (Å²) in [5.74, 6) is -1.04. The number of piperazine rings is 1. The quantitative estimate of drug-likeness (QED) is 0.524. The molecule has 0 radical (unpaired) electrons. The van der Waals surface area contributed by atoms with Crippen LogP contribution in [0.15, 0.2) is 0 Å². The molecule has 1 aliphatic heterocycles. The SMILES string of the molecule is CC1CCC(S(=O)(=O)N2[C@H](C)CN(C(=O)CC3CCC(OC(F)(F)F)CC3)C[C@@H]2C)CC1CC(=O)O. The van der Waals surface area contributed by atoms with E-state index < -0.39 is 45.8 Å². The Kier molecular flexibility index (Phi) is 9.36. The number of aliphatic carboxylic acids is 1. The van der Waals surface area contributed by atoms with Crippen molar-refractivity contribution in [3.63, 3.8) is 0 Å². The summed E-state index contributed by atoms with van der Waals surface area (Å²) in [6.45, 7) is 6.07. The lowest BCUT2D eigenvalue weighted by atomic mass is 9.78. The summed E-state index contributed by atoms with van der Waals surface area (Å²) in [7, 11) is -3.68. The van der Waals surface area contributed by atoms with Crippen LogP contribution < -0.4 is 0 Å². The Morgan fingerprint density at radius 3 is 2.06 bits per heavy atom. The molecule has 2 saturated carbocycles. The molecule has 208 valence electrons. The zero-order chi connectivity index (χ0) is 26.8. The van der Waals surface area contributed by atoms with Crippen molar-refractivity contribution < 1.29 is 41.0 Å². The molecule has 8 nitrogen and oxygen atoms in total. The van der Waals surface area contributed by atoms with Crippen molar-refractivity contribution in [2.45, 2.75) is 108 Å². The number of carboxylic acids is 1. The highest BCUT2D eigenvalue weighted by atomic mass is 32.2. The Bertz CT molecular complexity index is 879. The minimum atomic E-state index is -4.65. The summed E-state index contributed by atoms with van der Waals surface area (Å²) in [4.78, 5) is 25.9. The lowest BCUT2D eigenvalue weighted by molar-refractivity contribution is -0.345. The van der Waals surface area contributed by atoms with Gasteiger partial charge in [0.25, 0.3) is 0 Å². The smallest absolute Gasteiger partial charge is 0.481 e. The van der Waals surface area contributed by atoms with Gasteiger partial charge in [-0.2, -0.15) is 4.31 Å². The van der Waals surface area contributed by atoms with Gasteiger partial charge >= 0.3 is 12.3 Å². The Labute approximate surface area is 211 Å². The van der Waals surface area contributed by atoms with Crippen LogP contribution in [0.25, 0.3) is 0 Å². The van der Waals surface area contributed by atoms with Crippen LogP contribution in [0.3, 0.4) is 0 Å². The van der Waals surface area contributed by atoms with Crippen molar-refractivity contribution in [3.05, 3.63) is 0 Å². The van der Waals surface area contributed by atoms with E-state index in [0.717, 1.165) is 0 Å². The maximum atomic E-state index is 13.6. The maximum absolute atomic E-state index is 13.6. The molecule has 3 fully saturated rings. The Balaban J connectivity index is 1.56. The third kappa shape index (κ3) is 7.34. The number of hydrogen-bond acceptors (Lipinski definition) is 5. The molecule has 0 bridgehead atoms. The summed E-state index contributed by atoms with van der Waals surface area (Å²) in [5.41, 5.74) is 0. The lowest BCUT2D eigenvalue weighted by Gasteiger charge is -2.46. The van der Waals surface area contributed by atoms with Crippen molar-refractivity contribution in [1.29, 1.82) is 0 Å². The molecule has 5 atom stereocenters. The second-order valence-corrected chi connectivity index (χ2v) is 13.2. The van der Waals surface area contributed by atoms with Gasteiger partial charge in [0.2, 0.25) is 15.9 Å². The lowest BCUT2D eigenvalue weighted by Crippen LogP contribution is -2.61. The average Bonchev–Trinajstić information content (AvgIpc) is 2.74. The Hall–Kier alpha value is -1.40. The average molecular weight is 541 g/mol. The number of carbonyl (C=O) groups excluding carboxylic acids is 1. The first-order chi connectivity index (χ1) is 16.7. The number of sulfonamides is 1. The Morgan fingerprint density at radius 1 is 0.944 bits per heavy atom. The van der Waals surface area contributed by atoms with Gasteiger partial charge in [-0.1, -0.05) is 6.92 Å². The standard InChI is InChI=1S/C24H39F3N2O6S/c1-15-4-9-21(11-19(15)12-23(31)32)36(33,34)29-16(2)13-28(14-17(29)3)22(30)10-18-5-7-20(8-6-18)35-24(25,26)27/h15-21H,4-14H2,1-3H3,(H,31,32)/t15?,16-,17+,18?,19?,20?,21?. The van der Waals surface area contributed by atoms with E-state index in [1.54, 1.807) is 18.7 Å². The summed E-state index contributed by atoms with van der Waals surface area (Å²) in [5, 5.41) is 8.59. The van der Waals surface area contributed by atoms with E-state index in [1.165, 1.54) is 4.31 Å². The fourth-order valence-electron chi connectivity index (χ4n) is 6.36. The van der Waals surface area contributed by atoms with Gasteiger partial charge in [-0.3, -0.25) is 14.3 Å². The van der Waals surface area contributed by atoms with Crippen LogP contribution in [-0.4, -0.2) is 77.5 Å². The first-order valence-electron chi connectivity index (χ1n) is 12.9. The zero-order valence-corrected chi connectivity index (χ0v) is 22.1. The highest BCUT2D eigenvalue weighted by Gasteiger charge is 2.45. The van der Waals surface area contributed by atoms with Crippen LogP contribution in [0.2, 0.25) is 0 Å². The molecule has 0 aromatic heterocycles. The van der Waals surface area contributed by atoms with Gasteiger partial charge in [0.1, 0.15) is 0 Å². The number of ether oxygens (including phenoxy) is 1. The first kappa shape index (κ1) is 29.2. The number of amides is 1. The monoisotopic (exact) mass is 540 g/mol. The van der Waals surface area contributed by atoms with E-state index in [4.69, 9.17) is 0 Å². The van der Waals surface area contributed by atoms with Gasteiger partial charge in [0.15, 0.2) is 0 Å². The summed E-state index contributed by atoms with van der Waals surface area (Å²) in [6.07, 6.45) is -2.30. The number of carboxylic acid groups (broad SMARTS) is 1. The summed E-state index contributed by atoms with van der Waals surface area (Å²) in [6, 6.07) is -0.841. The Morgan fingerprint density at radius 2 is 1.53 bits per heavy atom. The molecule has 3 rings (SSSR count). The van der Waals surface area contributed by atoms with Crippen molar-refractivity contribution in [2.24, 2.45) is 17.8 Å². The third-order valence-electron chi connectivity index (χ3n) is 8.21. The molecule has 1 amide bonds. The van der Waals surface area contributed by atoms with E-state index in [9.17, 15) is 36.3 Å². The van der Waals surface area contributed by atoms with Gasteiger partial charge in [0.05, 0.1) is 11.4 Å². The molecule has 2 aliphatic carbocycles. The molecule has 0 aromatic rings. The topological polar surface area (TPSA) is 104 Å². The van der Waals surface area contributed by atoms with Gasteiger partial charge in [-0.05, 0) is 76.5 Å². The van der Waals surface area contributed by atoms with E-state index in [1.807, 2.05) is 6.92 Å². The number of rotatable bonds is 7. The molecule has 1 saturated heterocycles. The molecular formula is C24H39F3N2O6S. The molecule has 0 spiro atoms. The molecule has 12 heteroatoms. The highest BCUT2D eigenvalue weighted by Crippen LogP contribution is 2.38. The molecule has 1 heterocycles. The first-order valence-corrected chi connectivity index (χ1v) is 14.4. The van der Waals surface area contributed by atoms with Crippen LogP contribution in [0.4, 0.5) is 13.2 Å². The molecule has 1 N–H and O–H groups in total. The third-order valence-corrected chi connectivity index (χ3v) is 10.8. The fraction of sp³-hybridized carbons (Fsp3) is 0.917. The van der Waals surface area contributed by atoms with Crippen molar-refractivity contribution >= 4 is 21.9 Å². The number of nitrogens with zero attached hydrogens (tertiary/aromatic N) is 2. The van der Waals surface area contributed by atoms with E-state index in [2.05, 4.69) is 4.74 Å². The van der Waals surface area contributed by atoms with Crippen LogP contribution >= 0.6 is 0 Å².